The number of carbonyl (C=O) groups excluding carboxylic acids is 2. The number of ketones is 1. The molecule has 0 spiro atoms. The summed E-state index contributed by atoms with van der Waals surface area (Å²) in [6.07, 6.45) is 0.691. The molecule has 1 aliphatic rings. The number of rotatable bonds is 9. The second kappa shape index (κ2) is 10.3. The predicted molar refractivity (Wildman–Crippen MR) is 123 cm³/mol. The molecule has 2 aromatic rings. The highest BCUT2D eigenvalue weighted by Gasteiger charge is 2.46. The minimum atomic E-state index is -0.720. The lowest BCUT2D eigenvalue weighted by Gasteiger charge is -2.26. The SMILES string of the molecule is CCOc1ccc([C@@H]2C(=C(O)c3ccccc3)C(=O)C(=O)N2CCCN(C)C)cc1OC. The van der Waals surface area contributed by atoms with Crippen LogP contribution in [0.3, 0.4) is 0 Å². The maximum Gasteiger partial charge on any atom is 0.295 e. The first-order valence-corrected chi connectivity index (χ1v) is 10.7. The van der Waals surface area contributed by atoms with Crippen LogP contribution in [0.4, 0.5) is 0 Å². The summed E-state index contributed by atoms with van der Waals surface area (Å²) in [5, 5.41) is 11.1. The fourth-order valence-corrected chi connectivity index (χ4v) is 3.90. The molecule has 0 unspecified atom stereocenters. The maximum absolute atomic E-state index is 13.1. The number of hydrogen-bond acceptors (Lipinski definition) is 6. The van der Waals surface area contributed by atoms with Crippen LogP contribution in [-0.4, -0.2) is 67.5 Å². The lowest BCUT2D eigenvalue weighted by molar-refractivity contribution is -0.139. The maximum atomic E-state index is 13.1. The van der Waals surface area contributed by atoms with Crippen LogP contribution in [0.5, 0.6) is 11.5 Å². The zero-order valence-electron chi connectivity index (χ0n) is 19.0. The Balaban J connectivity index is 2.12. The Kier molecular flexibility index (Phi) is 7.53. The molecule has 0 bridgehead atoms. The van der Waals surface area contributed by atoms with Crippen LogP contribution in [-0.2, 0) is 9.59 Å². The molecule has 0 aliphatic carbocycles. The fraction of sp³-hybridized carbons (Fsp3) is 0.360. The van der Waals surface area contributed by atoms with Crippen molar-refractivity contribution in [3.8, 4) is 11.5 Å². The van der Waals surface area contributed by atoms with Gasteiger partial charge in [0, 0.05) is 12.1 Å². The Morgan fingerprint density at radius 2 is 1.81 bits per heavy atom. The number of nitrogens with zero attached hydrogens (tertiary/aromatic N) is 2. The zero-order chi connectivity index (χ0) is 23.3. The van der Waals surface area contributed by atoms with Crippen molar-refractivity contribution in [1.29, 1.82) is 0 Å². The topological polar surface area (TPSA) is 79.3 Å². The molecule has 1 aliphatic heterocycles. The molecule has 0 radical (unpaired) electrons. The number of Topliss-reactive ketones (excluding diaryl/α,β-unsaturated/α-hetero) is 1. The molecular weight excluding hydrogens is 408 g/mol. The van der Waals surface area contributed by atoms with Gasteiger partial charge in [-0.25, -0.2) is 0 Å². The van der Waals surface area contributed by atoms with Crippen LogP contribution in [0, 0.1) is 0 Å². The van der Waals surface area contributed by atoms with Gasteiger partial charge in [-0.05, 0) is 51.7 Å². The second-order valence-electron chi connectivity index (χ2n) is 7.86. The van der Waals surface area contributed by atoms with E-state index < -0.39 is 17.7 Å². The van der Waals surface area contributed by atoms with Crippen molar-refractivity contribution in [2.45, 2.75) is 19.4 Å². The summed E-state index contributed by atoms with van der Waals surface area (Å²) in [5.41, 5.74) is 1.24. The van der Waals surface area contributed by atoms with Gasteiger partial charge in [-0.15, -0.1) is 0 Å². The van der Waals surface area contributed by atoms with Crippen LogP contribution < -0.4 is 9.47 Å². The number of amides is 1. The van der Waals surface area contributed by atoms with Crippen molar-refractivity contribution < 1.29 is 24.2 Å². The van der Waals surface area contributed by atoms with E-state index in [0.29, 0.717) is 42.2 Å². The van der Waals surface area contributed by atoms with Gasteiger partial charge in [0.25, 0.3) is 11.7 Å². The highest BCUT2D eigenvalue weighted by molar-refractivity contribution is 6.46. The Hall–Kier alpha value is -3.32. The Labute approximate surface area is 188 Å². The first-order valence-electron chi connectivity index (χ1n) is 10.7. The van der Waals surface area contributed by atoms with Crippen molar-refractivity contribution in [2.24, 2.45) is 0 Å². The van der Waals surface area contributed by atoms with E-state index in [9.17, 15) is 14.7 Å². The minimum Gasteiger partial charge on any atom is -0.507 e. The summed E-state index contributed by atoms with van der Waals surface area (Å²) in [6.45, 7) is 3.51. The largest absolute Gasteiger partial charge is 0.507 e. The third-order valence-electron chi connectivity index (χ3n) is 5.39. The first kappa shape index (κ1) is 23.3. The number of ether oxygens (including phenoxy) is 2. The van der Waals surface area contributed by atoms with E-state index in [1.165, 1.54) is 4.90 Å². The summed E-state index contributed by atoms with van der Waals surface area (Å²) in [5.74, 6) is -0.403. The third-order valence-corrected chi connectivity index (χ3v) is 5.39. The summed E-state index contributed by atoms with van der Waals surface area (Å²) in [7, 11) is 5.45. The van der Waals surface area contributed by atoms with Crippen molar-refractivity contribution in [1.82, 2.24) is 9.80 Å². The third kappa shape index (κ3) is 4.78. The molecule has 3 rings (SSSR count). The number of likely N-dealkylation sites (tertiary alicyclic amines) is 1. The second-order valence-corrected chi connectivity index (χ2v) is 7.86. The summed E-state index contributed by atoms with van der Waals surface area (Å²) in [6, 6.07) is 13.4. The van der Waals surface area contributed by atoms with Gasteiger partial charge in [-0.1, -0.05) is 36.4 Å². The molecule has 1 saturated heterocycles. The van der Waals surface area contributed by atoms with Crippen LogP contribution in [0.2, 0.25) is 0 Å². The fourth-order valence-electron chi connectivity index (χ4n) is 3.90. The number of hydrogen-bond donors (Lipinski definition) is 1. The van der Waals surface area contributed by atoms with Crippen molar-refractivity contribution in [3.63, 3.8) is 0 Å². The lowest BCUT2D eigenvalue weighted by atomic mass is 9.95. The number of methoxy groups -OCH3 is 1. The van der Waals surface area contributed by atoms with Gasteiger partial charge in [0.05, 0.1) is 25.3 Å². The van der Waals surface area contributed by atoms with Gasteiger partial charge >= 0.3 is 0 Å². The minimum absolute atomic E-state index is 0.0808. The van der Waals surface area contributed by atoms with Crippen molar-refractivity contribution >= 4 is 17.4 Å². The average Bonchev–Trinajstić information content (AvgIpc) is 3.04. The van der Waals surface area contributed by atoms with E-state index in [1.54, 1.807) is 49.6 Å². The van der Waals surface area contributed by atoms with E-state index in [2.05, 4.69) is 0 Å². The molecule has 170 valence electrons. The quantitative estimate of drug-likeness (QED) is 0.367. The van der Waals surface area contributed by atoms with Crippen LogP contribution >= 0.6 is 0 Å². The van der Waals surface area contributed by atoms with Crippen LogP contribution in [0.15, 0.2) is 54.1 Å². The number of aliphatic hydroxyl groups excluding tert-OH is 1. The standard InChI is InChI=1S/C25H30N2O5/c1-5-32-19-13-12-18(16-20(19)31-4)22-21(23(28)17-10-7-6-8-11-17)24(29)25(30)27(22)15-9-14-26(2)3/h6-8,10-13,16,22,28H,5,9,14-15H2,1-4H3/t22-/m1/s1. The summed E-state index contributed by atoms with van der Waals surface area (Å²) in [4.78, 5) is 29.6. The highest BCUT2D eigenvalue weighted by atomic mass is 16.5. The van der Waals surface area contributed by atoms with E-state index in [0.717, 1.165) is 6.54 Å². The van der Waals surface area contributed by atoms with E-state index >= 15 is 0 Å². The molecule has 1 amide bonds. The number of carbonyl (C=O) groups is 2. The summed E-state index contributed by atoms with van der Waals surface area (Å²) >= 11 is 0. The molecule has 1 fully saturated rings. The van der Waals surface area contributed by atoms with Gasteiger partial charge in [0.1, 0.15) is 5.76 Å². The Bertz CT molecular complexity index is 1000. The van der Waals surface area contributed by atoms with Gasteiger partial charge in [0.2, 0.25) is 0 Å². The van der Waals surface area contributed by atoms with Gasteiger partial charge in [0.15, 0.2) is 11.5 Å². The van der Waals surface area contributed by atoms with Gasteiger partial charge in [-0.3, -0.25) is 9.59 Å². The molecule has 7 heteroatoms. The van der Waals surface area contributed by atoms with E-state index in [-0.39, 0.29) is 11.3 Å². The van der Waals surface area contributed by atoms with Gasteiger partial charge < -0.3 is 24.4 Å². The van der Waals surface area contributed by atoms with E-state index in [1.807, 2.05) is 32.0 Å². The molecule has 0 saturated carbocycles. The first-order chi connectivity index (χ1) is 15.4. The molecule has 1 heterocycles. The van der Waals surface area contributed by atoms with Crippen LogP contribution in [0.1, 0.15) is 30.5 Å². The molecule has 32 heavy (non-hydrogen) atoms. The molecule has 2 aromatic carbocycles. The normalized spacial score (nSPS) is 17.8. The Morgan fingerprint density at radius 1 is 1.09 bits per heavy atom. The lowest BCUT2D eigenvalue weighted by Crippen LogP contribution is -2.32. The summed E-state index contributed by atoms with van der Waals surface area (Å²) < 4.78 is 11.1. The number of aliphatic hydroxyl groups is 1. The smallest absolute Gasteiger partial charge is 0.295 e. The van der Waals surface area contributed by atoms with Crippen LogP contribution in [0.25, 0.3) is 5.76 Å². The zero-order valence-corrected chi connectivity index (χ0v) is 19.0. The molecular formula is C25H30N2O5. The Morgan fingerprint density at radius 3 is 2.44 bits per heavy atom. The molecule has 7 nitrogen and oxygen atoms in total. The molecule has 0 aromatic heterocycles. The average molecular weight is 439 g/mol. The van der Waals surface area contributed by atoms with Gasteiger partial charge in [-0.2, -0.15) is 0 Å². The molecule has 1 N–H and O–H groups in total. The number of benzene rings is 2. The predicted octanol–water partition coefficient (Wildman–Crippen LogP) is 3.47. The van der Waals surface area contributed by atoms with E-state index in [4.69, 9.17) is 9.47 Å². The molecule has 1 atom stereocenters. The van der Waals surface area contributed by atoms with Crippen molar-refractivity contribution in [2.75, 3.05) is 40.9 Å². The van der Waals surface area contributed by atoms with Crippen molar-refractivity contribution in [3.05, 3.63) is 65.2 Å². The highest BCUT2D eigenvalue weighted by Crippen LogP contribution is 2.42. The monoisotopic (exact) mass is 438 g/mol.